The summed E-state index contributed by atoms with van der Waals surface area (Å²) in [4.78, 5) is 22.7. The number of methoxy groups -OCH3 is 1. The smallest absolute Gasteiger partial charge is 0.333 e. The highest BCUT2D eigenvalue weighted by molar-refractivity contribution is 5.87. The molecule has 0 N–H and O–H groups in total. The van der Waals surface area contributed by atoms with Crippen LogP contribution in [-0.4, -0.2) is 25.2 Å². The lowest BCUT2D eigenvalue weighted by molar-refractivity contribution is -0.144. The van der Waals surface area contributed by atoms with E-state index in [1.165, 1.54) is 7.11 Å². The van der Waals surface area contributed by atoms with Crippen LogP contribution in [0.5, 0.6) is 0 Å². The lowest BCUT2D eigenvalue weighted by Gasteiger charge is -2.17. The maximum absolute atomic E-state index is 11.4. The third-order valence-electron chi connectivity index (χ3n) is 2.70. The van der Waals surface area contributed by atoms with Crippen LogP contribution in [0.4, 0.5) is 0 Å². The molecule has 0 aliphatic carbocycles. The Balaban J connectivity index is 2.74. The van der Waals surface area contributed by atoms with Gasteiger partial charge in [-0.05, 0) is 5.56 Å². The number of benzene rings is 1. The van der Waals surface area contributed by atoms with Gasteiger partial charge in [-0.3, -0.25) is 0 Å². The number of carbonyl (C=O) groups is 2. The molecule has 1 aromatic rings. The van der Waals surface area contributed by atoms with Crippen molar-refractivity contribution in [2.45, 2.75) is 18.9 Å². The molecule has 0 bridgehead atoms. The van der Waals surface area contributed by atoms with E-state index in [0.29, 0.717) is 6.42 Å². The van der Waals surface area contributed by atoms with Crippen molar-refractivity contribution < 1.29 is 19.1 Å². The molecule has 1 unspecified atom stereocenters. The zero-order chi connectivity index (χ0) is 15.0. The molecule has 0 aliphatic rings. The van der Waals surface area contributed by atoms with E-state index in [0.717, 1.165) is 11.6 Å². The maximum atomic E-state index is 11.4. The molecule has 0 amide bonds. The minimum absolute atomic E-state index is 0.223. The summed E-state index contributed by atoms with van der Waals surface area (Å²) in [6.45, 7) is 7.01. The average molecular weight is 274 g/mol. The first kappa shape index (κ1) is 15.7. The number of carbonyl (C=O) groups excluding carboxylic acids is 2. The molecule has 0 spiro atoms. The molecule has 106 valence electrons. The summed E-state index contributed by atoms with van der Waals surface area (Å²) in [6.07, 6.45) is 1.34. The standard InChI is InChI=1S/C16H18O4/c1-4-15(17)20-14(10-12(2)16(18)19-3)11-13-8-6-5-7-9-13/h4-9,14H,1-2,10-11H2,3H3. The van der Waals surface area contributed by atoms with Crippen LogP contribution in [0.3, 0.4) is 0 Å². The SMILES string of the molecule is C=CC(=O)OC(CC(=C)C(=O)OC)Cc1ccccc1. The summed E-state index contributed by atoms with van der Waals surface area (Å²) in [5, 5.41) is 0. The lowest BCUT2D eigenvalue weighted by atomic mass is 10.0. The maximum Gasteiger partial charge on any atom is 0.333 e. The second-order valence-electron chi connectivity index (χ2n) is 4.25. The zero-order valence-corrected chi connectivity index (χ0v) is 11.5. The number of rotatable bonds is 7. The van der Waals surface area contributed by atoms with Crippen LogP contribution in [-0.2, 0) is 25.5 Å². The second kappa shape index (κ2) is 7.94. The van der Waals surface area contributed by atoms with Crippen LogP contribution in [0.2, 0.25) is 0 Å². The fourth-order valence-corrected chi connectivity index (χ4v) is 1.75. The molecule has 1 atom stereocenters. The molecule has 0 radical (unpaired) electrons. The first-order valence-corrected chi connectivity index (χ1v) is 6.20. The van der Waals surface area contributed by atoms with Gasteiger partial charge in [0.2, 0.25) is 0 Å². The van der Waals surface area contributed by atoms with Crippen molar-refractivity contribution in [1.29, 1.82) is 0 Å². The quantitative estimate of drug-likeness (QED) is 0.566. The Labute approximate surface area is 118 Å². The van der Waals surface area contributed by atoms with Crippen LogP contribution in [0.25, 0.3) is 0 Å². The molecule has 1 rings (SSSR count). The van der Waals surface area contributed by atoms with Gasteiger partial charge in [0.1, 0.15) is 6.10 Å². The van der Waals surface area contributed by atoms with Crippen LogP contribution in [0, 0.1) is 0 Å². The number of hydrogen-bond donors (Lipinski definition) is 0. The molecule has 4 heteroatoms. The van der Waals surface area contributed by atoms with Crippen LogP contribution < -0.4 is 0 Å². The van der Waals surface area contributed by atoms with Crippen molar-refractivity contribution in [2.75, 3.05) is 7.11 Å². The normalized spacial score (nSPS) is 11.2. The molecule has 20 heavy (non-hydrogen) atoms. The Hall–Kier alpha value is -2.36. The minimum atomic E-state index is -0.524. The molecule has 0 saturated heterocycles. The van der Waals surface area contributed by atoms with Crippen LogP contribution in [0.15, 0.2) is 55.1 Å². The van der Waals surface area contributed by atoms with Crippen molar-refractivity contribution in [3.8, 4) is 0 Å². The number of hydrogen-bond acceptors (Lipinski definition) is 4. The van der Waals surface area contributed by atoms with E-state index in [1.807, 2.05) is 30.3 Å². The van der Waals surface area contributed by atoms with Gasteiger partial charge in [-0.15, -0.1) is 0 Å². The third-order valence-corrected chi connectivity index (χ3v) is 2.70. The average Bonchev–Trinajstić information content (AvgIpc) is 2.47. The predicted molar refractivity (Wildman–Crippen MR) is 76.0 cm³/mol. The third kappa shape index (κ3) is 5.10. The number of esters is 2. The van der Waals surface area contributed by atoms with E-state index >= 15 is 0 Å². The van der Waals surface area contributed by atoms with E-state index in [-0.39, 0.29) is 12.0 Å². The highest BCUT2D eigenvalue weighted by atomic mass is 16.5. The van der Waals surface area contributed by atoms with Crippen molar-refractivity contribution in [3.63, 3.8) is 0 Å². The summed E-state index contributed by atoms with van der Waals surface area (Å²) in [7, 11) is 1.29. The van der Waals surface area contributed by atoms with Crippen molar-refractivity contribution in [1.82, 2.24) is 0 Å². The van der Waals surface area contributed by atoms with E-state index in [4.69, 9.17) is 4.74 Å². The minimum Gasteiger partial charge on any atom is -0.466 e. The Morgan fingerprint density at radius 2 is 1.95 bits per heavy atom. The van der Waals surface area contributed by atoms with Gasteiger partial charge in [0.25, 0.3) is 0 Å². The highest BCUT2D eigenvalue weighted by Crippen LogP contribution is 2.14. The first-order chi connectivity index (χ1) is 9.56. The monoisotopic (exact) mass is 274 g/mol. The van der Waals surface area contributed by atoms with Crippen LogP contribution in [0.1, 0.15) is 12.0 Å². The highest BCUT2D eigenvalue weighted by Gasteiger charge is 2.18. The zero-order valence-electron chi connectivity index (χ0n) is 11.5. The number of ether oxygens (including phenoxy) is 2. The summed E-state index contributed by atoms with van der Waals surface area (Å²) in [6, 6.07) is 9.56. The molecule has 0 aromatic heterocycles. The lowest BCUT2D eigenvalue weighted by Crippen LogP contribution is -2.22. The van der Waals surface area contributed by atoms with Crippen LogP contribution >= 0.6 is 0 Å². The van der Waals surface area contributed by atoms with Gasteiger partial charge in [-0.1, -0.05) is 43.5 Å². The molecule has 4 nitrogen and oxygen atoms in total. The van der Waals surface area contributed by atoms with Gasteiger partial charge in [-0.2, -0.15) is 0 Å². The van der Waals surface area contributed by atoms with Gasteiger partial charge in [0.15, 0.2) is 0 Å². The topological polar surface area (TPSA) is 52.6 Å². The summed E-state index contributed by atoms with van der Waals surface area (Å²) in [5.74, 6) is -1.03. The van der Waals surface area contributed by atoms with Crippen molar-refractivity contribution in [2.24, 2.45) is 0 Å². The van der Waals surface area contributed by atoms with Crippen molar-refractivity contribution in [3.05, 3.63) is 60.7 Å². The van der Waals surface area contributed by atoms with E-state index in [2.05, 4.69) is 17.9 Å². The van der Waals surface area contributed by atoms with E-state index in [9.17, 15) is 9.59 Å². The Kier molecular flexibility index (Phi) is 6.23. The molecule has 0 fully saturated rings. The summed E-state index contributed by atoms with van der Waals surface area (Å²) >= 11 is 0. The van der Waals surface area contributed by atoms with Crippen molar-refractivity contribution >= 4 is 11.9 Å². The molecule has 1 aromatic carbocycles. The fourth-order valence-electron chi connectivity index (χ4n) is 1.75. The van der Waals surface area contributed by atoms with Gasteiger partial charge in [0, 0.05) is 24.5 Å². The molecule has 0 aliphatic heterocycles. The Morgan fingerprint density at radius 3 is 2.50 bits per heavy atom. The Morgan fingerprint density at radius 1 is 1.30 bits per heavy atom. The summed E-state index contributed by atoms with van der Waals surface area (Å²) < 4.78 is 9.84. The van der Waals surface area contributed by atoms with E-state index in [1.54, 1.807) is 0 Å². The van der Waals surface area contributed by atoms with Gasteiger partial charge >= 0.3 is 11.9 Å². The Bertz CT molecular complexity index is 490. The van der Waals surface area contributed by atoms with Gasteiger partial charge in [-0.25, -0.2) is 9.59 Å². The van der Waals surface area contributed by atoms with Gasteiger partial charge < -0.3 is 9.47 Å². The largest absolute Gasteiger partial charge is 0.466 e. The molecular formula is C16H18O4. The first-order valence-electron chi connectivity index (χ1n) is 6.20. The molecule has 0 saturated carbocycles. The fraction of sp³-hybridized carbons (Fsp3) is 0.250. The molecule has 0 heterocycles. The summed E-state index contributed by atoms with van der Waals surface area (Å²) in [5.41, 5.74) is 1.28. The predicted octanol–water partition coefficient (Wildman–Crippen LogP) is 2.45. The van der Waals surface area contributed by atoms with E-state index < -0.39 is 18.0 Å². The second-order valence-corrected chi connectivity index (χ2v) is 4.25. The molecular weight excluding hydrogens is 256 g/mol. The van der Waals surface area contributed by atoms with Gasteiger partial charge in [0.05, 0.1) is 7.11 Å².